The van der Waals surface area contributed by atoms with Crippen molar-refractivity contribution in [2.75, 3.05) is 5.32 Å². The first-order valence-electron chi connectivity index (χ1n) is 9.00. The number of halogens is 1. The number of fused-ring (bicyclic) bond motifs is 1. The minimum Gasteiger partial charge on any atom is -0.366 e. The summed E-state index contributed by atoms with van der Waals surface area (Å²) in [5.41, 5.74) is 6.34. The van der Waals surface area contributed by atoms with Gasteiger partial charge in [0.1, 0.15) is 5.52 Å². The predicted octanol–water partition coefficient (Wildman–Crippen LogP) is 1.89. The summed E-state index contributed by atoms with van der Waals surface area (Å²) in [5, 5.41) is 11.8. The van der Waals surface area contributed by atoms with Gasteiger partial charge >= 0.3 is 5.69 Å². The third-order valence-electron chi connectivity index (χ3n) is 5.22. The van der Waals surface area contributed by atoms with E-state index < -0.39 is 11.7 Å². The Bertz CT molecular complexity index is 1250. The summed E-state index contributed by atoms with van der Waals surface area (Å²) in [7, 11) is 1.62. The van der Waals surface area contributed by atoms with E-state index in [1.54, 1.807) is 18.5 Å². The number of anilines is 2. The van der Waals surface area contributed by atoms with Crippen LogP contribution in [-0.2, 0) is 7.05 Å². The van der Waals surface area contributed by atoms with Crippen LogP contribution >= 0.6 is 0 Å². The van der Waals surface area contributed by atoms with E-state index in [4.69, 9.17) is 11.0 Å². The molecule has 0 radical (unpaired) electrons. The molecule has 0 saturated heterocycles. The van der Waals surface area contributed by atoms with Gasteiger partial charge in [0.05, 0.1) is 29.4 Å². The van der Waals surface area contributed by atoms with Crippen LogP contribution in [0.15, 0.2) is 23.1 Å². The molecule has 3 aromatic rings. The van der Waals surface area contributed by atoms with E-state index in [-0.39, 0.29) is 34.8 Å². The number of imidazole rings is 1. The van der Waals surface area contributed by atoms with Gasteiger partial charge in [-0.3, -0.25) is 13.9 Å². The Morgan fingerprint density at radius 3 is 2.79 bits per heavy atom. The molecule has 3 N–H and O–H groups in total. The highest BCUT2D eigenvalue weighted by atomic mass is 19.1. The van der Waals surface area contributed by atoms with Crippen molar-refractivity contribution >= 4 is 28.7 Å². The maximum absolute atomic E-state index is 14.6. The molecule has 1 saturated carbocycles. The Morgan fingerprint density at radius 2 is 2.14 bits per heavy atom. The standard InChI is InChI=1S/C19H18FN7O2/c1-9-3-12(16(22)28)15(20)13(4-9)24-18-23-8-14-17(25-18)27(19(29)26(14)2)11-5-10(6-11)7-21/h3-4,8,10-11H,5-6H2,1-2H3,(H2,22,28)(H,23,24,25). The van der Waals surface area contributed by atoms with Crippen LogP contribution in [0.4, 0.5) is 16.0 Å². The maximum atomic E-state index is 14.6. The third kappa shape index (κ3) is 3.00. The largest absolute Gasteiger partial charge is 0.366 e. The van der Waals surface area contributed by atoms with Crippen molar-refractivity contribution in [1.82, 2.24) is 19.1 Å². The average Bonchev–Trinajstić information content (AvgIpc) is 2.88. The van der Waals surface area contributed by atoms with E-state index in [2.05, 4.69) is 21.4 Å². The molecule has 1 aliphatic rings. The molecule has 2 heterocycles. The van der Waals surface area contributed by atoms with E-state index in [0.29, 0.717) is 29.6 Å². The normalized spacial score (nSPS) is 18.3. The quantitative estimate of drug-likeness (QED) is 0.693. The number of nitrogens with two attached hydrogens (primary N) is 1. The molecule has 10 heteroatoms. The third-order valence-corrected chi connectivity index (χ3v) is 5.22. The zero-order valence-corrected chi connectivity index (χ0v) is 15.8. The van der Waals surface area contributed by atoms with Gasteiger partial charge in [0, 0.05) is 13.1 Å². The Labute approximate surface area is 164 Å². The van der Waals surface area contributed by atoms with Crippen LogP contribution in [0.1, 0.15) is 34.8 Å². The number of rotatable bonds is 4. The Balaban J connectivity index is 1.77. The van der Waals surface area contributed by atoms with Gasteiger partial charge in [-0.05, 0) is 37.5 Å². The first kappa shape index (κ1) is 18.6. The minimum atomic E-state index is -0.875. The fourth-order valence-electron chi connectivity index (χ4n) is 3.59. The summed E-state index contributed by atoms with van der Waals surface area (Å²) < 4.78 is 17.6. The smallest absolute Gasteiger partial charge is 0.330 e. The topological polar surface area (TPSA) is 132 Å². The van der Waals surface area contributed by atoms with E-state index in [9.17, 15) is 14.0 Å². The van der Waals surface area contributed by atoms with Gasteiger partial charge in [-0.15, -0.1) is 0 Å². The SMILES string of the molecule is Cc1cc(Nc2ncc3c(n2)n(C2CC(C#N)C2)c(=O)n3C)c(F)c(C(N)=O)c1. The number of carbonyl (C=O) groups is 1. The number of carbonyl (C=O) groups excluding carboxylic acids is 1. The van der Waals surface area contributed by atoms with E-state index >= 15 is 0 Å². The van der Waals surface area contributed by atoms with Gasteiger partial charge in [-0.1, -0.05) is 0 Å². The maximum Gasteiger partial charge on any atom is 0.330 e. The van der Waals surface area contributed by atoms with E-state index in [0.717, 1.165) is 0 Å². The van der Waals surface area contributed by atoms with Crippen LogP contribution in [0.5, 0.6) is 0 Å². The number of amides is 1. The summed E-state index contributed by atoms with van der Waals surface area (Å²) in [6.07, 6.45) is 2.64. The van der Waals surface area contributed by atoms with Crippen molar-refractivity contribution in [3.05, 3.63) is 45.8 Å². The van der Waals surface area contributed by atoms with Gasteiger partial charge < -0.3 is 11.1 Å². The highest BCUT2D eigenvalue weighted by molar-refractivity contribution is 5.94. The molecule has 0 spiro atoms. The average molecular weight is 395 g/mol. The zero-order valence-electron chi connectivity index (χ0n) is 15.8. The van der Waals surface area contributed by atoms with Crippen molar-refractivity contribution in [2.24, 2.45) is 18.7 Å². The van der Waals surface area contributed by atoms with Crippen LogP contribution in [0.25, 0.3) is 11.2 Å². The Kier molecular flexibility index (Phi) is 4.30. The molecule has 0 aliphatic heterocycles. The van der Waals surface area contributed by atoms with Gasteiger partial charge in [0.25, 0.3) is 5.91 Å². The molecule has 1 fully saturated rings. The Hall–Kier alpha value is -3.74. The van der Waals surface area contributed by atoms with E-state index in [1.165, 1.54) is 22.9 Å². The van der Waals surface area contributed by atoms with Crippen LogP contribution in [-0.4, -0.2) is 25.0 Å². The molecule has 29 heavy (non-hydrogen) atoms. The number of nitrogens with zero attached hydrogens (tertiary/aromatic N) is 5. The first-order valence-corrected chi connectivity index (χ1v) is 9.00. The fourth-order valence-corrected chi connectivity index (χ4v) is 3.59. The number of nitriles is 1. The van der Waals surface area contributed by atoms with Crippen molar-refractivity contribution in [1.29, 1.82) is 5.26 Å². The molecule has 0 unspecified atom stereocenters. The molecule has 1 aromatic carbocycles. The fraction of sp³-hybridized carbons (Fsp3) is 0.316. The molecule has 4 rings (SSSR count). The summed E-state index contributed by atoms with van der Waals surface area (Å²) in [5.74, 6) is -1.67. The lowest BCUT2D eigenvalue weighted by Gasteiger charge is -2.31. The number of hydrogen-bond donors (Lipinski definition) is 2. The van der Waals surface area contributed by atoms with Crippen molar-refractivity contribution < 1.29 is 9.18 Å². The number of nitrogens with one attached hydrogen (secondary N) is 1. The molecule has 0 atom stereocenters. The van der Waals surface area contributed by atoms with Gasteiger partial charge in [-0.25, -0.2) is 14.2 Å². The summed E-state index contributed by atoms with van der Waals surface area (Å²) in [6, 6.07) is 4.96. The summed E-state index contributed by atoms with van der Waals surface area (Å²) in [4.78, 5) is 32.7. The highest BCUT2D eigenvalue weighted by Gasteiger charge is 2.33. The molecular formula is C19H18FN7O2. The van der Waals surface area contributed by atoms with Crippen LogP contribution in [0.3, 0.4) is 0 Å². The highest BCUT2D eigenvalue weighted by Crippen LogP contribution is 2.37. The molecule has 9 nitrogen and oxygen atoms in total. The van der Waals surface area contributed by atoms with Crippen LogP contribution in [0.2, 0.25) is 0 Å². The summed E-state index contributed by atoms with van der Waals surface area (Å²) in [6.45, 7) is 1.71. The van der Waals surface area contributed by atoms with Gasteiger partial charge in [0.2, 0.25) is 5.95 Å². The lowest BCUT2D eigenvalue weighted by atomic mass is 9.81. The van der Waals surface area contributed by atoms with Crippen LogP contribution < -0.4 is 16.7 Å². The predicted molar refractivity (Wildman–Crippen MR) is 103 cm³/mol. The molecule has 1 aliphatic carbocycles. The number of aryl methyl sites for hydroxylation is 2. The molecule has 148 valence electrons. The van der Waals surface area contributed by atoms with Gasteiger partial charge in [0.15, 0.2) is 11.5 Å². The number of hydrogen-bond acceptors (Lipinski definition) is 6. The van der Waals surface area contributed by atoms with Crippen molar-refractivity contribution in [3.8, 4) is 6.07 Å². The molecular weight excluding hydrogens is 377 g/mol. The summed E-state index contributed by atoms with van der Waals surface area (Å²) >= 11 is 0. The molecule has 0 bridgehead atoms. The Morgan fingerprint density at radius 1 is 1.41 bits per heavy atom. The molecule has 1 amide bonds. The second-order valence-electron chi connectivity index (χ2n) is 7.23. The monoisotopic (exact) mass is 395 g/mol. The second-order valence-corrected chi connectivity index (χ2v) is 7.23. The number of benzene rings is 1. The second kappa shape index (κ2) is 6.70. The van der Waals surface area contributed by atoms with E-state index in [1.807, 2.05) is 0 Å². The zero-order chi connectivity index (χ0) is 20.9. The molecule has 2 aromatic heterocycles. The first-order chi connectivity index (χ1) is 13.8. The lowest BCUT2D eigenvalue weighted by Crippen LogP contribution is -2.33. The number of aromatic nitrogens is 4. The lowest BCUT2D eigenvalue weighted by molar-refractivity contribution is 0.0996. The van der Waals surface area contributed by atoms with Crippen molar-refractivity contribution in [3.63, 3.8) is 0 Å². The van der Waals surface area contributed by atoms with Crippen LogP contribution in [0, 0.1) is 30.0 Å². The van der Waals surface area contributed by atoms with Gasteiger partial charge in [-0.2, -0.15) is 10.2 Å². The minimum absolute atomic E-state index is 0.0103. The number of primary amides is 1. The van der Waals surface area contributed by atoms with Crippen molar-refractivity contribution in [2.45, 2.75) is 25.8 Å².